The highest BCUT2D eigenvalue weighted by Crippen LogP contribution is 2.32. The number of allylic oxidation sites excluding steroid dienone is 1. The van der Waals surface area contributed by atoms with Crippen molar-refractivity contribution in [3.63, 3.8) is 0 Å². The van der Waals surface area contributed by atoms with Gasteiger partial charge in [0.05, 0.1) is 4.91 Å². The zero-order chi connectivity index (χ0) is 19.4. The predicted octanol–water partition coefficient (Wildman–Crippen LogP) is 7.74. The molecule has 0 aliphatic rings. The summed E-state index contributed by atoms with van der Waals surface area (Å²) >= 11 is 10.9. The standard InChI is InChI=1S/C23H18BrClOS/c1-15-3-4-16(2)18(13-15)14-22(27-21-11-7-19(24)8-12-21)23(26)17-5-9-20(25)10-6-17/h3-14H,1-2H3/b22-14+. The van der Waals surface area contributed by atoms with Gasteiger partial charge in [-0.25, -0.2) is 0 Å². The minimum Gasteiger partial charge on any atom is -0.288 e. The highest BCUT2D eigenvalue weighted by Gasteiger charge is 2.15. The van der Waals surface area contributed by atoms with Crippen LogP contribution in [0.4, 0.5) is 0 Å². The summed E-state index contributed by atoms with van der Waals surface area (Å²) in [5, 5.41) is 0.618. The summed E-state index contributed by atoms with van der Waals surface area (Å²) in [5.41, 5.74) is 3.98. The molecular weight excluding hydrogens is 440 g/mol. The topological polar surface area (TPSA) is 17.1 Å². The number of rotatable bonds is 5. The molecule has 3 aromatic rings. The van der Waals surface area contributed by atoms with Crippen molar-refractivity contribution >= 4 is 51.2 Å². The van der Waals surface area contributed by atoms with Crippen molar-refractivity contribution in [1.82, 2.24) is 0 Å². The molecule has 0 fully saturated rings. The van der Waals surface area contributed by atoms with Crippen LogP contribution in [0.5, 0.6) is 0 Å². The summed E-state index contributed by atoms with van der Waals surface area (Å²) in [7, 11) is 0. The number of halogens is 2. The van der Waals surface area contributed by atoms with E-state index in [2.05, 4.69) is 48.0 Å². The molecule has 0 N–H and O–H groups in total. The van der Waals surface area contributed by atoms with Crippen LogP contribution in [0.25, 0.3) is 6.08 Å². The maximum atomic E-state index is 13.2. The molecule has 0 aliphatic heterocycles. The minimum atomic E-state index is -0.0134. The van der Waals surface area contributed by atoms with E-state index in [1.54, 1.807) is 24.3 Å². The minimum absolute atomic E-state index is 0.0134. The van der Waals surface area contributed by atoms with Gasteiger partial charge in [-0.3, -0.25) is 4.79 Å². The molecule has 136 valence electrons. The number of benzene rings is 3. The van der Waals surface area contributed by atoms with Gasteiger partial charge in [0.1, 0.15) is 0 Å². The molecule has 27 heavy (non-hydrogen) atoms. The van der Waals surface area contributed by atoms with Crippen LogP contribution in [-0.4, -0.2) is 5.78 Å². The van der Waals surface area contributed by atoms with Crippen molar-refractivity contribution in [3.05, 3.63) is 103 Å². The van der Waals surface area contributed by atoms with Crippen LogP contribution < -0.4 is 0 Å². The summed E-state index contributed by atoms with van der Waals surface area (Å²) in [4.78, 5) is 14.9. The lowest BCUT2D eigenvalue weighted by Gasteiger charge is -2.10. The summed E-state index contributed by atoms with van der Waals surface area (Å²) in [6.45, 7) is 4.11. The Morgan fingerprint density at radius 1 is 0.963 bits per heavy atom. The van der Waals surface area contributed by atoms with Gasteiger partial charge in [0.15, 0.2) is 5.78 Å². The third kappa shape index (κ3) is 5.35. The van der Waals surface area contributed by atoms with Crippen LogP contribution in [0.2, 0.25) is 5.02 Å². The Hall–Kier alpha value is -1.81. The molecular formula is C23H18BrClOS. The normalized spacial score (nSPS) is 11.5. The van der Waals surface area contributed by atoms with Crippen molar-refractivity contribution in [2.24, 2.45) is 0 Å². The number of hydrogen-bond acceptors (Lipinski definition) is 2. The van der Waals surface area contributed by atoms with E-state index in [0.29, 0.717) is 15.5 Å². The number of carbonyl (C=O) groups excluding carboxylic acids is 1. The Morgan fingerprint density at radius 3 is 2.30 bits per heavy atom. The molecule has 4 heteroatoms. The van der Waals surface area contributed by atoms with E-state index in [-0.39, 0.29) is 5.78 Å². The van der Waals surface area contributed by atoms with Crippen LogP contribution >= 0.6 is 39.3 Å². The molecule has 0 bridgehead atoms. The van der Waals surface area contributed by atoms with Gasteiger partial charge in [0.25, 0.3) is 0 Å². The second-order valence-corrected chi connectivity index (χ2v) is 8.73. The third-order valence-corrected chi connectivity index (χ3v) is 5.90. The first-order valence-electron chi connectivity index (χ1n) is 8.45. The molecule has 0 aromatic heterocycles. The molecule has 1 nitrogen and oxygen atoms in total. The first-order chi connectivity index (χ1) is 12.9. The molecule has 0 saturated heterocycles. The Labute approximate surface area is 177 Å². The lowest BCUT2D eigenvalue weighted by molar-refractivity contribution is 0.104. The second kappa shape index (κ2) is 8.92. The quantitative estimate of drug-likeness (QED) is 0.221. The summed E-state index contributed by atoms with van der Waals surface area (Å²) in [6.07, 6.45) is 1.98. The van der Waals surface area contributed by atoms with E-state index < -0.39 is 0 Å². The fourth-order valence-electron chi connectivity index (χ4n) is 2.57. The average Bonchev–Trinajstić information content (AvgIpc) is 2.66. The number of aryl methyl sites for hydroxylation is 2. The maximum absolute atomic E-state index is 13.2. The highest BCUT2D eigenvalue weighted by atomic mass is 79.9. The van der Waals surface area contributed by atoms with Crippen molar-refractivity contribution in [2.75, 3.05) is 0 Å². The largest absolute Gasteiger partial charge is 0.288 e. The van der Waals surface area contributed by atoms with E-state index in [1.165, 1.54) is 17.3 Å². The van der Waals surface area contributed by atoms with Gasteiger partial charge in [0.2, 0.25) is 0 Å². The van der Waals surface area contributed by atoms with Gasteiger partial charge >= 0.3 is 0 Å². The Bertz CT molecular complexity index is 992. The molecule has 0 saturated carbocycles. The van der Waals surface area contributed by atoms with E-state index in [1.807, 2.05) is 30.3 Å². The van der Waals surface area contributed by atoms with Crippen LogP contribution in [-0.2, 0) is 0 Å². The van der Waals surface area contributed by atoms with Crippen molar-refractivity contribution < 1.29 is 4.79 Å². The average molecular weight is 458 g/mol. The number of carbonyl (C=O) groups is 1. The van der Waals surface area contributed by atoms with Crippen molar-refractivity contribution in [3.8, 4) is 0 Å². The molecule has 0 heterocycles. The molecule has 0 unspecified atom stereocenters. The van der Waals surface area contributed by atoms with Gasteiger partial charge in [-0.05, 0) is 79.6 Å². The van der Waals surface area contributed by atoms with Crippen LogP contribution in [0, 0.1) is 13.8 Å². The van der Waals surface area contributed by atoms with Gasteiger partial charge in [-0.1, -0.05) is 63.1 Å². The molecule has 0 spiro atoms. The number of thioether (sulfide) groups is 1. The van der Waals surface area contributed by atoms with Crippen LogP contribution in [0.1, 0.15) is 27.0 Å². The second-order valence-electron chi connectivity index (χ2n) is 6.26. The molecule has 3 rings (SSSR count). The van der Waals surface area contributed by atoms with Crippen LogP contribution in [0.15, 0.2) is 81.0 Å². The number of ketones is 1. The maximum Gasteiger partial charge on any atom is 0.199 e. The van der Waals surface area contributed by atoms with Crippen LogP contribution in [0.3, 0.4) is 0 Å². The molecule has 3 aromatic carbocycles. The van der Waals surface area contributed by atoms with Gasteiger partial charge in [-0.15, -0.1) is 0 Å². The SMILES string of the molecule is Cc1ccc(C)c(/C=C(/Sc2ccc(Br)cc2)C(=O)c2ccc(Cl)cc2)c1. The Balaban J connectivity index is 2.03. The summed E-state index contributed by atoms with van der Waals surface area (Å²) in [6, 6.07) is 21.2. The highest BCUT2D eigenvalue weighted by molar-refractivity contribution is 9.10. The summed E-state index contributed by atoms with van der Waals surface area (Å²) < 4.78 is 1.01. The molecule has 0 aliphatic carbocycles. The monoisotopic (exact) mass is 456 g/mol. The first kappa shape index (κ1) is 19.9. The van der Waals surface area contributed by atoms with Gasteiger partial charge < -0.3 is 0 Å². The van der Waals surface area contributed by atoms with Crippen molar-refractivity contribution in [1.29, 1.82) is 0 Å². The van der Waals surface area contributed by atoms with Gasteiger partial charge in [0, 0.05) is 20.0 Å². The van der Waals surface area contributed by atoms with E-state index >= 15 is 0 Å². The number of hydrogen-bond donors (Lipinski definition) is 0. The first-order valence-corrected chi connectivity index (χ1v) is 10.4. The molecule has 0 radical (unpaired) electrons. The van der Waals surface area contributed by atoms with E-state index in [4.69, 9.17) is 11.6 Å². The fourth-order valence-corrected chi connectivity index (χ4v) is 3.88. The zero-order valence-corrected chi connectivity index (χ0v) is 18.2. The smallest absolute Gasteiger partial charge is 0.199 e. The molecule has 0 atom stereocenters. The van der Waals surface area contributed by atoms with Gasteiger partial charge in [-0.2, -0.15) is 0 Å². The Morgan fingerprint density at radius 2 is 1.63 bits per heavy atom. The zero-order valence-electron chi connectivity index (χ0n) is 15.0. The fraction of sp³-hybridized carbons (Fsp3) is 0.0870. The van der Waals surface area contributed by atoms with Crippen molar-refractivity contribution in [2.45, 2.75) is 18.7 Å². The Kier molecular flexibility index (Phi) is 6.59. The summed E-state index contributed by atoms with van der Waals surface area (Å²) in [5.74, 6) is -0.0134. The lowest BCUT2D eigenvalue weighted by Crippen LogP contribution is -2.01. The molecule has 0 amide bonds. The number of Topliss-reactive ketones (excluding diaryl/α,β-unsaturated/α-hetero) is 1. The lowest BCUT2D eigenvalue weighted by atomic mass is 10.0. The van der Waals surface area contributed by atoms with E-state index in [0.717, 1.165) is 20.5 Å². The van der Waals surface area contributed by atoms with E-state index in [9.17, 15) is 4.79 Å². The predicted molar refractivity (Wildman–Crippen MR) is 120 cm³/mol. The third-order valence-electron chi connectivity index (χ3n) is 4.09.